The molecule has 14 heavy (non-hydrogen) atoms. The number of aryl methyl sites for hydroxylation is 3. The Bertz CT molecular complexity index is 302. The van der Waals surface area contributed by atoms with Crippen LogP contribution in [-0.4, -0.2) is 6.29 Å². The summed E-state index contributed by atoms with van der Waals surface area (Å²) in [4.78, 5) is 10.1. The predicted molar refractivity (Wildman–Crippen MR) is 59.5 cm³/mol. The summed E-state index contributed by atoms with van der Waals surface area (Å²) in [5.74, 6) is 0. The molecule has 1 heteroatoms. The average Bonchev–Trinajstić information content (AvgIpc) is 2.18. The molecule has 76 valence electrons. The van der Waals surface area contributed by atoms with Gasteiger partial charge in [-0.2, -0.15) is 0 Å². The van der Waals surface area contributed by atoms with Gasteiger partial charge in [0.05, 0.1) is 0 Å². The van der Waals surface area contributed by atoms with Gasteiger partial charge in [0.1, 0.15) is 6.29 Å². The Balaban J connectivity index is 2.49. The number of benzene rings is 1. The maximum Gasteiger partial charge on any atom is 0.119 e. The van der Waals surface area contributed by atoms with Crippen molar-refractivity contribution in [3.8, 4) is 0 Å². The second-order valence-corrected chi connectivity index (χ2v) is 3.84. The minimum atomic E-state index is 0.699. The Labute approximate surface area is 86.1 Å². The fourth-order valence-electron chi connectivity index (χ4n) is 1.61. The molecular weight excluding hydrogens is 172 g/mol. The second kappa shape index (κ2) is 5.58. The van der Waals surface area contributed by atoms with Crippen LogP contribution < -0.4 is 0 Å². The molecule has 1 aromatic rings. The molecule has 0 amide bonds. The highest BCUT2D eigenvalue weighted by Gasteiger charge is 1.98. The average molecular weight is 190 g/mol. The summed E-state index contributed by atoms with van der Waals surface area (Å²) < 4.78 is 0. The molecule has 0 aliphatic heterocycles. The zero-order valence-corrected chi connectivity index (χ0v) is 9.05. The Morgan fingerprint density at radius 3 is 2.71 bits per heavy atom. The fourth-order valence-corrected chi connectivity index (χ4v) is 1.61. The van der Waals surface area contributed by atoms with Crippen LogP contribution in [0.1, 0.15) is 36.0 Å². The van der Waals surface area contributed by atoms with E-state index >= 15 is 0 Å². The quantitative estimate of drug-likeness (QED) is 0.514. The van der Waals surface area contributed by atoms with Crippen LogP contribution in [0.4, 0.5) is 0 Å². The van der Waals surface area contributed by atoms with E-state index in [1.807, 2.05) is 0 Å². The summed E-state index contributed by atoms with van der Waals surface area (Å²) in [6.45, 7) is 4.27. The third-order valence-electron chi connectivity index (χ3n) is 2.52. The van der Waals surface area contributed by atoms with Crippen LogP contribution in [0, 0.1) is 13.8 Å². The van der Waals surface area contributed by atoms with E-state index in [4.69, 9.17) is 0 Å². The summed E-state index contributed by atoms with van der Waals surface area (Å²) in [7, 11) is 0. The zero-order chi connectivity index (χ0) is 10.4. The van der Waals surface area contributed by atoms with Crippen LogP contribution in [0.2, 0.25) is 0 Å². The molecule has 0 aromatic heterocycles. The molecular formula is C13H18O. The Morgan fingerprint density at radius 2 is 2.00 bits per heavy atom. The summed E-state index contributed by atoms with van der Waals surface area (Å²) >= 11 is 0. The second-order valence-electron chi connectivity index (χ2n) is 3.84. The minimum Gasteiger partial charge on any atom is -0.303 e. The summed E-state index contributed by atoms with van der Waals surface area (Å²) in [6.07, 6.45) is 4.93. The first-order chi connectivity index (χ1) is 6.74. The van der Waals surface area contributed by atoms with Crippen molar-refractivity contribution in [2.75, 3.05) is 0 Å². The summed E-state index contributed by atoms with van der Waals surface area (Å²) in [6, 6.07) is 6.56. The standard InChI is InChI=1S/C13H18O/c1-11-7-8-12(2)13(10-11)6-4-3-5-9-14/h7-10H,3-6H2,1-2H3. The normalized spacial score (nSPS) is 10.1. The molecule has 0 fully saturated rings. The molecule has 0 aliphatic carbocycles. The topological polar surface area (TPSA) is 17.1 Å². The summed E-state index contributed by atoms with van der Waals surface area (Å²) in [5, 5.41) is 0. The maximum atomic E-state index is 10.1. The third-order valence-corrected chi connectivity index (χ3v) is 2.52. The van der Waals surface area contributed by atoms with Crippen LogP contribution in [0.15, 0.2) is 18.2 Å². The Morgan fingerprint density at radius 1 is 1.21 bits per heavy atom. The van der Waals surface area contributed by atoms with Crippen LogP contribution in [-0.2, 0) is 11.2 Å². The van der Waals surface area contributed by atoms with E-state index in [0.29, 0.717) is 6.42 Å². The predicted octanol–water partition coefficient (Wildman–Crippen LogP) is 3.22. The molecule has 0 radical (unpaired) electrons. The van der Waals surface area contributed by atoms with Gasteiger partial charge in [-0.05, 0) is 44.2 Å². The fraction of sp³-hybridized carbons (Fsp3) is 0.462. The molecule has 0 saturated carbocycles. The van der Waals surface area contributed by atoms with Crippen molar-refractivity contribution in [3.05, 3.63) is 34.9 Å². The van der Waals surface area contributed by atoms with Gasteiger partial charge in [0.25, 0.3) is 0 Å². The lowest BCUT2D eigenvalue weighted by atomic mass is 10.0. The highest BCUT2D eigenvalue weighted by molar-refractivity contribution is 5.48. The number of rotatable bonds is 5. The van der Waals surface area contributed by atoms with Crippen LogP contribution in [0.25, 0.3) is 0 Å². The first-order valence-electron chi connectivity index (χ1n) is 5.24. The van der Waals surface area contributed by atoms with Crippen LogP contribution in [0.3, 0.4) is 0 Å². The highest BCUT2D eigenvalue weighted by Crippen LogP contribution is 2.13. The molecule has 0 saturated heterocycles. The first-order valence-corrected chi connectivity index (χ1v) is 5.24. The van der Waals surface area contributed by atoms with Gasteiger partial charge in [-0.1, -0.05) is 23.8 Å². The van der Waals surface area contributed by atoms with Crippen molar-refractivity contribution >= 4 is 6.29 Å². The number of carbonyl (C=O) groups excluding carboxylic acids is 1. The number of unbranched alkanes of at least 4 members (excludes halogenated alkanes) is 2. The molecule has 0 spiro atoms. The van der Waals surface area contributed by atoms with Gasteiger partial charge in [-0.3, -0.25) is 0 Å². The first kappa shape index (κ1) is 11.0. The molecule has 0 heterocycles. The van der Waals surface area contributed by atoms with Crippen LogP contribution in [0.5, 0.6) is 0 Å². The SMILES string of the molecule is Cc1ccc(C)c(CCCCC=O)c1. The number of hydrogen-bond donors (Lipinski definition) is 0. The van der Waals surface area contributed by atoms with Gasteiger partial charge in [-0.25, -0.2) is 0 Å². The van der Waals surface area contributed by atoms with Crippen molar-refractivity contribution in [1.82, 2.24) is 0 Å². The van der Waals surface area contributed by atoms with Crippen LogP contribution >= 0.6 is 0 Å². The van der Waals surface area contributed by atoms with Crippen molar-refractivity contribution < 1.29 is 4.79 Å². The molecule has 1 rings (SSSR count). The van der Waals surface area contributed by atoms with Crippen molar-refractivity contribution in [1.29, 1.82) is 0 Å². The number of aldehydes is 1. The molecule has 1 nitrogen and oxygen atoms in total. The Kier molecular flexibility index (Phi) is 4.37. The molecule has 0 atom stereocenters. The van der Waals surface area contributed by atoms with E-state index in [1.54, 1.807) is 0 Å². The molecule has 0 N–H and O–H groups in total. The van der Waals surface area contributed by atoms with Crippen molar-refractivity contribution in [2.24, 2.45) is 0 Å². The molecule has 0 bridgehead atoms. The van der Waals surface area contributed by atoms with Crippen molar-refractivity contribution in [2.45, 2.75) is 39.5 Å². The van der Waals surface area contributed by atoms with Gasteiger partial charge in [0.2, 0.25) is 0 Å². The number of hydrogen-bond acceptors (Lipinski definition) is 1. The monoisotopic (exact) mass is 190 g/mol. The van der Waals surface area contributed by atoms with Gasteiger partial charge in [-0.15, -0.1) is 0 Å². The van der Waals surface area contributed by atoms with E-state index in [9.17, 15) is 4.79 Å². The van der Waals surface area contributed by atoms with Crippen molar-refractivity contribution in [3.63, 3.8) is 0 Å². The smallest absolute Gasteiger partial charge is 0.119 e. The zero-order valence-electron chi connectivity index (χ0n) is 9.05. The lowest BCUT2D eigenvalue weighted by molar-refractivity contribution is -0.107. The number of carbonyl (C=O) groups is 1. The van der Waals surface area contributed by atoms with E-state index in [-0.39, 0.29) is 0 Å². The maximum absolute atomic E-state index is 10.1. The lowest BCUT2D eigenvalue weighted by Crippen LogP contribution is -1.91. The van der Waals surface area contributed by atoms with E-state index < -0.39 is 0 Å². The molecule has 0 aliphatic rings. The van der Waals surface area contributed by atoms with Gasteiger partial charge in [0.15, 0.2) is 0 Å². The van der Waals surface area contributed by atoms with E-state index in [2.05, 4.69) is 32.0 Å². The molecule has 1 aromatic carbocycles. The third kappa shape index (κ3) is 3.33. The summed E-state index contributed by atoms with van der Waals surface area (Å²) in [5.41, 5.74) is 4.11. The van der Waals surface area contributed by atoms with E-state index in [0.717, 1.165) is 25.5 Å². The minimum absolute atomic E-state index is 0.699. The van der Waals surface area contributed by atoms with Gasteiger partial charge in [0, 0.05) is 6.42 Å². The molecule has 0 unspecified atom stereocenters. The largest absolute Gasteiger partial charge is 0.303 e. The Hall–Kier alpha value is -1.11. The van der Waals surface area contributed by atoms with Gasteiger partial charge < -0.3 is 4.79 Å². The van der Waals surface area contributed by atoms with E-state index in [1.165, 1.54) is 16.7 Å². The lowest BCUT2D eigenvalue weighted by Gasteiger charge is -2.06. The van der Waals surface area contributed by atoms with Gasteiger partial charge >= 0.3 is 0 Å². The highest BCUT2D eigenvalue weighted by atomic mass is 16.1.